The molecular weight excluding hydrogens is 248 g/mol. The van der Waals surface area contributed by atoms with Crippen molar-refractivity contribution in [3.8, 4) is 0 Å². The SMILES string of the molecule is c1cc2c(o1)CCCC2N(CC1CCCNC1)C1CC1. The predicted molar refractivity (Wildman–Crippen MR) is 79.7 cm³/mol. The number of nitrogens with zero attached hydrogens (tertiary/aromatic N) is 1. The van der Waals surface area contributed by atoms with E-state index in [4.69, 9.17) is 4.42 Å². The van der Waals surface area contributed by atoms with Crippen LogP contribution in [0.2, 0.25) is 0 Å². The van der Waals surface area contributed by atoms with E-state index in [-0.39, 0.29) is 0 Å². The van der Waals surface area contributed by atoms with Gasteiger partial charge in [-0.2, -0.15) is 0 Å². The lowest BCUT2D eigenvalue weighted by atomic mass is 9.90. The van der Waals surface area contributed by atoms with Crippen molar-refractivity contribution in [1.82, 2.24) is 10.2 Å². The van der Waals surface area contributed by atoms with Crippen LogP contribution in [0.25, 0.3) is 0 Å². The first-order chi connectivity index (χ1) is 9.92. The lowest BCUT2D eigenvalue weighted by Crippen LogP contribution is -2.41. The fourth-order valence-electron chi connectivity index (χ4n) is 4.12. The quantitative estimate of drug-likeness (QED) is 0.914. The molecule has 0 bridgehead atoms. The number of nitrogens with one attached hydrogen (secondary N) is 1. The monoisotopic (exact) mass is 274 g/mol. The van der Waals surface area contributed by atoms with E-state index in [1.165, 1.54) is 69.5 Å². The Bertz CT molecular complexity index is 446. The van der Waals surface area contributed by atoms with Crippen molar-refractivity contribution in [2.75, 3.05) is 19.6 Å². The van der Waals surface area contributed by atoms with Crippen LogP contribution in [0, 0.1) is 5.92 Å². The Morgan fingerprint density at radius 3 is 2.95 bits per heavy atom. The molecule has 1 aromatic heterocycles. The molecule has 20 heavy (non-hydrogen) atoms. The summed E-state index contributed by atoms with van der Waals surface area (Å²) in [7, 11) is 0. The summed E-state index contributed by atoms with van der Waals surface area (Å²) in [5.74, 6) is 2.11. The van der Waals surface area contributed by atoms with Crippen LogP contribution in [0.15, 0.2) is 16.7 Å². The van der Waals surface area contributed by atoms with Crippen molar-refractivity contribution in [2.24, 2.45) is 5.92 Å². The highest BCUT2D eigenvalue weighted by molar-refractivity contribution is 5.25. The van der Waals surface area contributed by atoms with Crippen molar-refractivity contribution in [1.29, 1.82) is 0 Å². The number of rotatable bonds is 4. The van der Waals surface area contributed by atoms with Crippen LogP contribution in [0.5, 0.6) is 0 Å². The average Bonchev–Trinajstić information content (AvgIpc) is 3.22. The minimum absolute atomic E-state index is 0.631. The summed E-state index contributed by atoms with van der Waals surface area (Å²) < 4.78 is 5.69. The molecule has 2 heterocycles. The molecule has 3 nitrogen and oxygen atoms in total. The molecule has 0 radical (unpaired) electrons. The largest absolute Gasteiger partial charge is 0.469 e. The zero-order valence-corrected chi connectivity index (χ0v) is 12.3. The molecule has 1 aliphatic heterocycles. The van der Waals surface area contributed by atoms with Gasteiger partial charge in [-0.15, -0.1) is 0 Å². The third kappa shape index (κ3) is 2.53. The molecule has 3 aliphatic rings. The van der Waals surface area contributed by atoms with Crippen LogP contribution in [0.3, 0.4) is 0 Å². The molecule has 3 heteroatoms. The van der Waals surface area contributed by atoms with Gasteiger partial charge in [0.1, 0.15) is 5.76 Å². The van der Waals surface area contributed by atoms with E-state index in [9.17, 15) is 0 Å². The molecule has 0 aromatic carbocycles. The topological polar surface area (TPSA) is 28.4 Å². The smallest absolute Gasteiger partial charge is 0.108 e. The maximum absolute atomic E-state index is 5.69. The highest BCUT2D eigenvalue weighted by Crippen LogP contribution is 2.41. The third-order valence-corrected chi connectivity index (χ3v) is 5.30. The highest BCUT2D eigenvalue weighted by atomic mass is 16.3. The Kier molecular flexibility index (Phi) is 3.57. The van der Waals surface area contributed by atoms with Crippen LogP contribution in [0.1, 0.15) is 55.9 Å². The first-order valence-electron chi connectivity index (χ1n) is 8.44. The van der Waals surface area contributed by atoms with Gasteiger partial charge in [-0.1, -0.05) is 0 Å². The third-order valence-electron chi connectivity index (χ3n) is 5.30. The molecule has 2 unspecified atom stereocenters. The van der Waals surface area contributed by atoms with Crippen molar-refractivity contribution >= 4 is 0 Å². The number of piperidine rings is 1. The molecule has 110 valence electrons. The van der Waals surface area contributed by atoms with E-state index in [1.807, 2.05) is 6.26 Å². The second-order valence-electron chi connectivity index (χ2n) is 6.85. The van der Waals surface area contributed by atoms with Gasteiger partial charge in [0.25, 0.3) is 0 Å². The van der Waals surface area contributed by atoms with Gasteiger partial charge in [-0.25, -0.2) is 0 Å². The van der Waals surface area contributed by atoms with Gasteiger partial charge < -0.3 is 9.73 Å². The molecule has 0 spiro atoms. The summed E-state index contributed by atoms with van der Waals surface area (Å²) in [6.45, 7) is 3.72. The van der Waals surface area contributed by atoms with Gasteiger partial charge in [-0.05, 0) is 63.6 Å². The highest BCUT2D eigenvalue weighted by Gasteiger charge is 2.38. The van der Waals surface area contributed by atoms with Crippen LogP contribution in [0.4, 0.5) is 0 Å². The summed E-state index contributed by atoms with van der Waals surface area (Å²) >= 11 is 0. The van der Waals surface area contributed by atoms with E-state index in [1.54, 1.807) is 0 Å². The zero-order valence-electron chi connectivity index (χ0n) is 12.3. The number of aryl methyl sites for hydroxylation is 1. The van der Waals surface area contributed by atoms with Crippen molar-refractivity contribution < 1.29 is 4.42 Å². The number of fused-ring (bicyclic) bond motifs is 1. The Hall–Kier alpha value is -0.800. The van der Waals surface area contributed by atoms with Crippen LogP contribution in [-0.2, 0) is 6.42 Å². The van der Waals surface area contributed by atoms with Gasteiger partial charge in [0.15, 0.2) is 0 Å². The van der Waals surface area contributed by atoms with E-state index in [2.05, 4.69) is 16.3 Å². The van der Waals surface area contributed by atoms with Gasteiger partial charge in [0, 0.05) is 30.6 Å². The lowest BCUT2D eigenvalue weighted by molar-refractivity contribution is 0.129. The molecule has 2 atom stereocenters. The molecule has 1 N–H and O–H groups in total. The minimum atomic E-state index is 0.631. The maximum Gasteiger partial charge on any atom is 0.108 e. The normalized spacial score (nSPS) is 30.4. The van der Waals surface area contributed by atoms with E-state index in [0.29, 0.717) is 6.04 Å². The average molecular weight is 274 g/mol. The van der Waals surface area contributed by atoms with Gasteiger partial charge >= 0.3 is 0 Å². The fourth-order valence-corrected chi connectivity index (χ4v) is 4.12. The first kappa shape index (κ1) is 12.9. The molecule has 0 amide bonds. The van der Waals surface area contributed by atoms with Crippen LogP contribution < -0.4 is 5.32 Å². The zero-order chi connectivity index (χ0) is 13.4. The van der Waals surface area contributed by atoms with Crippen LogP contribution in [-0.4, -0.2) is 30.6 Å². The van der Waals surface area contributed by atoms with Crippen molar-refractivity contribution in [2.45, 2.75) is 57.0 Å². The van der Waals surface area contributed by atoms with Crippen LogP contribution >= 0.6 is 0 Å². The number of hydrogen-bond acceptors (Lipinski definition) is 3. The maximum atomic E-state index is 5.69. The van der Waals surface area contributed by atoms with Gasteiger partial charge in [0.2, 0.25) is 0 Å². The Balaban J connectivity index is 1.51. The Labute approximate surface area is 121 Å². The second-order valence-corrected chi connectivity index (χ2v) is 6.85. The summed E-state index contributed by atoms with van der Waals surface area (Å²) in [5.41, 5.74) is 1.49. The van der Waals surface area contributed by atoms with Gasteiger partial charge in [0.05, 0.1) is 6.26 Å². The summed E-state index contributed by atoms with van der Waals surface area (Å²) in [4.78, 5) is 2.82. The Morgan fingerprint density at radius 2 is 2.15 bits per heavy atom. The summed E-state index contributed by atoms with van der Waals surface area (Å²) in [6, 6.07) is 3.71. The lowest BCUT2D eigenvalue weighted by Gasteiger charge is -2.37. The molecule has 2 aliphatic carbocycles. The van der Waals surface area contributed by atoms with E-state index >= 15 is 0 Å². The standard InChI is InChI=1S/C17H26N2O/c1-4-16(15-8-10-20-17(15)5-1)19(14-6-7-14)12-13-3-2-9-18-11-13/h8,10,13-14,16,18H,1-7,9,11-12H2. The molecule has 4 rings (SSSR count). The number of hydrogen-bond donors (Lipinski definition) is 1. The molecule has 1 saturated heterocycles. The molecule has 1 aromatic rings. The molecular formula is C17H26N2O. The fraction of sp³-hybridized carbons (Fsp3) is 0.765. The summed E-state index contributed by atoms with van der Waals surface area (Å²) in [5, 5.41) is 3.57. The van der Waals surface area contributed by atoms with Gasteiger partial charge in [-0.3, -0.25) is 4.90 Å². The predicted octanol–water partition coefficient (Wildman–Crippen LogP) is 3.12. The minimum Gasteiger partial charge on any atom is -0.469 e. The molecule has 1 saturated carbocycles. The summed E-state index contributed by atoms with van der Waals surface area (Å²) in [6.07, 6.45) is 11.2. The van der Waals surface area contributed by atoms with Crippen molar-refractivity contribution in [3.05, 3.63) is 23.7 Å². The van der Waals surface area contributed by atoms with Crippen molar-refractivity contribution in [3.63, 3.8) is 0 Å². The first-order valence-corrected chi connectivity index (χ1v) is 8.44. The van der Waals surface area contributed by atoms with E-state index in [0.717, 1.165) is 18.4 Å². The Morgan fingerprint density at radius 1 is 1.20 bits per heavy atom. The molecule has 2 fully saturated rings. The second kappa shape index (κ2) is 5.53. The number of furan rings is 1. The van der Waals surface area contributed by atoms with E-state index < -0.39 is 0 Å².